The average molecular weight is 313 g/mol. The van der Waals surface area contributed by atoms with E-state index in [1.54, 1.807) is 20.8 Å². The number of rotatable bonds is 3. The van der Waals surface area contributed by atoms with Crippen LogP contribution in [-0.4, -0.2) is 61.0 Å². The van der Waals surface area contributed by atoms with Crippen LogP contribution in [0.1, 0.15) is 20.8 Å². The zero-order valence-corrected chi connectivity index (χ0v) is 12.1. The number of hydrogen-bond donors (Lipinski definition) is 1. The lowest BCUT2D eigenvalue weighted by molar-refractivity contribution is -0.123. The molecular formula is C12H19F4N3O2. The van der Waals surface area contributed by atoms with Crippen LogP contribution in [0.15, 0.2) is 4.99 Å². The summed E-state index contributed by atoms with van der Waals surface area (Å²) in [4.78, 5) is 17.0. The second-order valence-corrected chi connectivity index (χ2v) is 5.65. The maximum atomic E-state index is 12.8. The minimum Gasteiger partial charge on any atom is -0.444 e. The van der Waals surface area contributed by atoms with Crippen LogP contribution in [0.25, 0.3) is 0 Å². The van der Waals surface area contributed by atoms with Gasteiger partial charge in [0.2, 0.25) is 0 Å². The number of nitrogens with zero attached hydrogens (tertiary/aromatic N) is 2. The first-order valence-electron chi connectivity index (χ1n) is 6.42. The van der Waals surface area contributed by atoms with E-state index in [0.717, 1.165) is 0 Å². The molecule has 0 spiro atoms. The number of nitrogens with one attached hydrogen (secondary N) is 1. The SMILES string of the molecule is CC(C)(C)OC(=O)N1CCN=C(NCC(F)(F)C(F)F)C1. The number of amides is 1. The molecule has 0 saturated carbocycles. The van der Waals surface area contributed by atoms with Crippen LogP contribution in [0.5, 0.6) is 0 Å². The molecule has 122 valence electrons. The van der Waals surface area contributed by atoms with Gasteiger partial charge in [0.1, 0.15) is 11.4 Å². The second kappa shape index (κ2) is 6.48. The van der Waals surface area contributed by atoms with Crippen LogP contribution in [-0.2, 0) is 4.74 Å². The van der Waals surface area contributed by atoms with E-state index in [1.165, 1.54) is 4.90 Å². The Morgan fingerprint density at radius 3 is 2.57 bits per heavy atom. The van der Waals surface area contributed by atoms with E-state index < -0.39 is 30.6 Å². The maximum absolute atomic E-state index is 12.8. The molecule has 1 amide bonds. The number of halogens is 4. The van der Waals surface area contributed by atoms with Crippen molar-refractivity contribution in [2.24, 2.45) is 4.99 Å². The van der Waals surface area contributed by atoms with Gasteiger partial charge in [0, 0.05) is 6.54 Å². The summed E-state index contributed by atoms with van der Waals surface area (Å²) in [5.41, 5.74) is -0.679. The molecule has 0 aliphatic carbocycles. The molecule has 0 aromatic heterocycles. The highest BCUT2D eigenvalue weighted by Gasteiger charge is 2.40. The zero-order valence-electron chi connectivity index (χ0n) is 12.1. The van der Waals surface area contributed by atoms with E-state index >= 15 is 0 Å². The van der Waals surface area contributed by atoms with E-state index in [2.05, 4.69) is 10.3 Å². The summed E-state index contributed by atoms with van der Waals surface area (Å²) in [5, 5.41) is 2.16. The van der Waals surface area contributed by atoms with Crippen molar-refractivity contribution >= 4 is 11.9 Å². The molecule has 9 heteroatoms. The lowest BCUT2D eigenvalue weighted by Crippen LogP contribution is -2.50. The van der Waals surface area contributed by atoms with Crippen molar-refractivity contribution < 1.29 is 27.1 Å². The van der Waals surface area contributed by atoms with E-state index in [-0.39, 0.29) is 25.5 Å². The van der Waals surface area contributed by atoms with Gasteiger partial charge in [-0.15, -0.1) is 0 Å². The molecule has 1 aliphatic heterocycles. The summed E-state index contributed by atoms with van der Waals surface area (Å²) in [6, 6.07) is 0. The van der Waals surface area contributed by atoms with Crippen molar-refractivity contribution in [1.29, 1.82) is 0 Å². The van der Waals surface area contributed by atoms with Crippen molar-refractivity contribution in [3.63, 3.8) is 0 Å². The predicted molar refractivity (Wildman–Crippen MR) is 69.1 cm³/mol. The standard InChI is InChI=1S/C12H19F4N3O2/c1-11(2,3)21-10(20)19-5-4-17-8(6-19)18-7-12(15,16)9(13)14/h9H,4-7H2,1-3H3,(H,17,18). The van der Waals surface area contributed by atoms with Gasteiger partial charge in [-0.05, 0) is 20.8 Å². The van der Waals surface area contributed by atoms with Crippen LogP contribution in [0, 0.1) is 0 Å². The van der Waals surface area contributed by atoms with Crippen molar-refractivity contribution in [1.82, 2.24) is 10.2 Å². The molecule has 1 aliphatic rings. The third-order valence-electron chi connectivity index (χ3n) is 2.51. The highest BCUT2D eigenvalue weighted by atomic mass is 19.3. The van der Waals surface area contributed by atoms with Crippen molar-refractivity contribution in [2.75, 3.05) is 26.2 Å². The normalized spacial score (nSPS) is 16.8. The average Bonchev–Trinajstić information content (AvgIpc) is 2.34. The number of aliphatic imine (C=N–C) groups is 1. The number of carbonyl (C=O) groups is 1. The first-order valence-corrected chi connectivity index (χ1v) is 6.42. The fourth-order valence-electron chi connectivity index (χ4n) is 1.51. The minimum absolute atomic E-state index is 0.0624. The van der Waals surface area contributed by atoms with E-state index in [4.69, 9.17) is 4.74 Å². The second-order valence-electron chi connectivity index (χ2n) is 5.65. The Morgan fingerprint density at radius 1 is 1.43 bits per heavy atom. The Labute approximate surface area is 120 Å². The van der Waals surface area contributed by atoms with Crippen molar-refractivity contribution in [2.45, 2.75) is 38.7 Å². The van der Waals surface area contributed by atoms with Crippen LogP contribution >= 0.6 is 0 Å². The Balaban J connectivity index is 2.53. The quantitative estimate of drug-likeness (QED) is 0.812. The molecule has 0 aromatic carbocycles. The van der Waals surface area contributed by atoms with Gasteiger partial charge in [-0.25, -0.2) is 13.6 Å². The van der Waals surface area contributed by atoms with E-state index in [1.807, 2.05) is 0 Å². The summed E-state index contributed by atoms with van der Waals surface area (Å²) < 4.78 is 54.8. The molecule has 0 fully saturated rings. The van der Waals surface area contributed by atoms with Gasteiger partial charge in [0.05, 0.1) is 19.6 Å². The van der Waals surface area contributed by atoms with Crippen LogP contribution in [0.3, 0.4) is 0 Å². The molecule has 0 aromatic rings. The third kappa shape index (κ3) is 5.76. The Kier molecular flexibility index (Phi) is 5.41. The molecule has 0 radical (unpaired) electrons. The predicted octanol–water partition coefficient (Wildman–Crippen LogP) is 2.13. The summed E-state index contributed by atoms with van der Waals surface area (Å²) >= 11 is 0. The summed E-state index contributed by atoms with van der Waals surface area (Å²) in [6.45, 7) is 4.27. The molecule has 0 atom stereocenters. The Bertz CT molecular complexity index is 408. The number of ether oxygens (including phenoxy) is 1. The summed E-state index contributed by atoms with van der Waals surface area (Å²) in [6.07, 6.45) is -4.35. The molecule has 0 unspecified atom stereocenters. The van der Waals surface area contributed by atoms with Crippen molar-refractivity contribution in [3.05, 3.63) is 0 Å². The third-order valence-corrected chi connectivity index (χ3v) is 2.51. The molecule has 5 nitrogen and oxygen atoms in total. The van der Waals surface area contributed by atoms with Crippen LogP contribution < -0.4 is 5.32 Å². The Hall–Kier alpha value is -1.54. The van der Waals surface area contributed by atoms with Crippen molar-refractivity contribution in [3.8, 4) is 0 Å². The van der Waals surface area contributed by atoms with Crippen LogP contribution in [0.4, 0.5) is 22.4 Å². The van der Waals surface area contributed by atoms with Gasteiger partial charge in [-0.3, -0.25) is 9.89 Å². The summed E-state index contributed by atoms with van der Waals surface area (Å²) in [7, 11) is 0. The lowest BCUT2D eigenvalue weighted by atomic mass is 10.2. The minimum atomic E-state index is -4.14. The molecule has 1 rings (SSSR count). The Morgan fingerprint density at radius 2 is 2.05 bits per heavy atom. The van der Waals surface area contributed by atoms with Gasteiger partial charge in [-0.1, -0.05) is 0 Å². The molecule has 0 bridgehead atoms. The van der Waals surface area contributed by atoms with Gasteiger partial charge in [-0.2, -0.15) is 8.78 Å². The molecule has 21 heavy (non-hydrogen) atoms. The topological polar surface area (TPSA) is 53.9 Å². The maximum Gasteiger partial charge on any atom is 0.410 e. The lowest BCUT2D eigenvalue weighted by Gasteiger charge is -2.30. The van der Waals surface area contributed by atoms with Gasteiger partial charge >= 0.3 is 18.4 Å². The van der Waals surface area contributed by atoms with E-state index in [9.17, 15) is 22.4 Å². The molecule has 0 saturated heterocycles. The summed E-state index contributed by atoms with van der Waals surface area (Å²) in [5.74, 6) is -4.08. The smallest absolute Gasteiger partial charge is 0.410 e. The van der Waals surface area contributed by atoms with Gasteiger partial charge in [0.25, 0.3) is 0 Å². The largest absolute Gasteiger partial charge is 0.444 e. The zero-order chi connectivity index (χ0) is 16.3. The molecule has 1 N–H and O–H groups in total. The number of alkyl halides is 4. The first-order chi connectivity index (χ1) is 9.51. The first kappa shape index (κ1) is 17.5. The van der Waals surface area contributed by atoms with E-state index in [0.29, 0.717) is 0 Å². The molecular weight excluding hydrogens is 294 g/mol. The number of carbonyl (C=O) groups excluding carboxylic acids is 1. The fourth-order valence-corrected chi connectivity index (χ4v) is 1.51. The monoisotopic (exact) mass is 313 g/mol. The highest BCUT2D eigenvalue weighted by molar-refractivity contribution is 5.87. The van der Waals surface area contributed by atoms with Gasteiger partial charge in [0.15, 0.2) is 0 Å². The highest BCUT2D eigenvalue weighted by Crippen LogP contribution is 2.21. The van der Waals surface area contributed by atoms with Gasteiger partial charge < -0.3 is 10.1 Å². The fraction of sp³-hybridized carbons (Fsp3) is 0.833. The van der Waals surface area contributed by atoms with Crippen LogP contribution in [0.2, 0.25) is 0 Å². The number of amidine groups is 1. The molecule has 1 heterocycles. The number of hydrogen-bond acceptors (Lipinski definition) is 4.